The number of halogens is 1. The Balaban J connectivity index is 1.53. The van der Waals surface area contributed by atoms with Crippen LogP contribution in [-0.4, -0.2) is 48.6 Å². The molecule has 34 heavy (non-hydrogen) atoms. The summed E-state index contributed by atoms with van der Waals surface area (Å²) in [6.07, 6.45) is 10.1. The third kappa shape index (κ3) is 4.24. The van der Waals surface area contributed by atoms with E-state index in [9.17, 15) is 9.90 Å². The molecule has 9 nitrogen and oxygen atoms in total. The number of ether oxygens (including phenoxy) is 1. The molecule has 2 N–H and O–H groups in total. The van der Waals surface area contributed by atoms with Crippen molar-refractivity contribution in [1.82, 2.24) is 24.4 Å². The van der Waals surface area contributed by atoms with Crippen molar-refractivity contribution in [2.75, 3.05) is 12.4 Å². The van der Waals surface area contributed by atoms with Crippen molar-refractivity contribution < 1.29 is 14.6 Å². The molecule has 1 fully saturated rings. The number of methoxy groups -OCH3 is 1. The molecule has 1 aromatic carbocycles. The molecule has 3 heterocycles. The minimum absolute atomic E-state index is 0.237. The summed E-state index contributed by atoms with van der Waals surface area (Å²) in [4.78, 5) is 17.4. The number of carbonyl (C=O) groups excluding carboxylic acids is 1. The molecule has 1 unspecified atom stereocenters. The van der Waals surface area contributed by atoms with Gasteiger partial charge in [-0.3, -0.25) is 9.48 Å². The van der Waals surface area contributed by atoms with E-state index in [4.69, 9.17) is 16.3 Å². The largest absolute Gasteiger partial charge is 0.496 e. The second kappa shape index (κ2) is 9.44. The molecule has 1 saturated carbocycles. The Morgan fingerprint density at radius 3 is 2.91 bits per heavy atom. The van der Waals surface area contributed by atoms with E-state index in [0.29, 0.717) is 45.5 Å². The van der Waals surface area contributed by atoms with Gasteiger partial charge in [-0.25, -0.2) is 9.50 Å². The first kappa shape index (κ1) is 22.4. The smallest absolute Gasteiger partial charge is 0.261 e. The molecule has 0 radical (unpaired) electrons. The number of nitrogens with one attached hydrogen (secondary N) is 1. The van der Waals surface area contributed by atoms with Crippen molar-refractivity contribution in [3.8, 4) is 17.0 Å². The minimum atomic E-state index is -0.543. The summed E-state index contributed by atoms with van der Waals surface area (Å²) in [5.41, 5.74) is 2.53. The Bertz CT molecular complexity index is 1330. The van der Waals surface area contributed by atoms with E-state index in [1.165, 1.54) is 10.7 Å². The standard InChI is InChI=1S/C24H25ClN6O3/c1-34-21-8-7-16(25)11-17(21)22-19(13-28-31(22)14-20(32)15-5-2-3-6-15)29-24(33)18-12-27-30-10-4-9-26-23(18)30/h4,7-13,15,20,32H,2-3,5-6,14H2,1H3,(H,29,33). The number of nitrogens with zero attached hydrogens (tertiary/aromatic N) is 5. The van der Waals surface area contributed by atoms with Crippen LogP contribution in [0.4, 0.5) is 5.69 Å². The lowest BCUT2D eigenvalue weighted by molar-refractivity contribution is 0.0899. The van der Waals surface area contributed by atoms with E-state index in [2.05, 4.69) is 20.5 Å². The number of hydrogen-bond acceptors (Lipinski definition) is 6. The predicted molar refractivity (Wildman–Crippen MR) is 128 cm³/mol. The average Bonchev–Trinajstić information content (AvgIpc) is 3.59. The van der Waals surface area contributed by atoms with Gasteiger partial charge in [-0.2, -0.15) is 10.2 Å². The second-order valence-electron chi connectivity index (χ2n) is 8.45. The summed E-state index contributed by atoms with van der Waals surface area (Å²) in [6, 6.07) is 7.01. The number of carbonyl (C=O) groups is 1. The Morgan fingerprint density at radius 1 is 1.29 bits per heavy atom. The zero-order valence-corrected chi connectivity index (χ0v) is 19.4. The zero-order chi connectivity index (χ0) is 23.7. The third-order valence-electron chi connectivity index (χ3n) is 6.33. The van der Waals surface area contributed by atoms with Gasteiger partial charge in [0, 0.05) is 23.0 Å². The predicted octanol–water partition coefficient (Wildman–Crippen LogP) is 4.06. The van der Waals surface area contributed by atoms with Crippen LogP contribution in [0.15, 0.2) is 49.1 Å². The van der Waals surface area contributed by atoms with E-state index in [1.807, 2.05) is 0 Å². The number of benzene rings is 1. The van der Waals surface area contributed by atoms with Crippen LogP contribution in [0.5, 0.6) is 5.75 Å². The molecule has 10 heteroatoms. The third-order valence-corrected chi connectivity index (χ3v) is 6.57. The molecule has 4 aromatic rings. The van der Waals surface area contributed by atoms with E-state index in [0.717, 1.165) is 25.7 Å². The highest BCUT2D eigenvalue weighted by atomic mass is 35.5. The van der Waals surface area contributed by atoms with Crippen molar-refractivity contribution in [3.05, 3.63) is 59.6 Å². The maximum Gasteiger partial charge on any atom is 0.261 e. The molecule has 0 spiro atoms. The monoisotopic (exact) mass is 480 g/mol. The van der Waals surface area contributed by atoms with E-state index < -0.39 is 6.10 Å². The van der Waals surface area contributed by atoms with Crippen LogP contribution in [0, 0.1) is 5.92 Å². The highest BCUT2D eigenvalue weighted by Gasteiger charge is 2.27. The lowest BCUT2D eigenvalue weighted by Crippen LogP contribution is -2.25. The molecular weight excluding hydrogens is 456 g/mol. The normalized spacial score (nSPS) is 15.0. The van der Waals surface area contributed by atoms with Gasteiger partial charge in [-0.05, 0) is 43.0 Å². The number of aliphatic hydroxyl groups is 1. The quantitative estimate of drug-likeness (QED) is 0.413. The fourth-order valence-electron chi connectivity index (χ4n) is 4.61. The number of hydrogen-bond donors (Lipinski definition) is 2. The number of rotatable bonds is 7. The van der Waals surface area contributed by atoms with Gasteiger partial charge in [-0.15, -0.1) is 0 Å². The van der Waals surface area contributed by atoms with Crippen LogP contribution in [0.25, 0.3) is 16.9 Å². The first-order valence-corrected chi connectivity index (χ1v) is 11.6. The van der Waals surface area contributed by atoms with Gasteiger partial charge in [0.25, 0.3) is 5.91 Å². The van der Waals surface area contributed by atoms with Crippen molar-refractivity contribution in [2.24, 2.45) is 5.92 Å². The Labute approximate surface area is 201 Å². The lowest BCUT2D eigenvalue weighted by Gasteiger charge is -2.20. The summed E-state index contributed by atoms with van der Waals surface area (Å²) in [5.74, 6) is 0.447. The van der Waals surface area contributed by atoms with Gasteiger partial charge in [-0.1, -0.05) is 24.4 Å². The van der Waals surface area contributed by atoms with Crippen molar-refractivity contribution in [2.45, 2.75) is 38.3 Å². The van der Waals surface area contributed by atoms with Crippen molar-refractivity contribution in [3.63, 3.8) is 0 Å². The summed E-state index contributed by atoms with van der Waals surface area (Å²) in [6.45, 7) is 0.295. The number of fused-ring (bicyclic) bond motifs is 1. The zero-order valence-electron chi connectivity index (χ0n) is 18.7. The first-order chi connectivity index (χ1) is 16.5. The Hall–Kier alpha value is -3.43. The van der Waals surface area contributed by atoms with Gasteiger partial charge in [0.1, 0.15) is 11.3 Å². The molecule has 0 aliphatic heterocycles. The van der Waals surface area contributed by atoms with Crippen LogP contribution in [0.3, 0.4) is 0 Å². The van der Waals surface area contributed by atoms with Crippen LogP contribution in [0.1, 0.15) is 36.0 Å². The first-order valence-electron chi connectivity index (χ1n) is 11.2. The van der Waals surface area contributed by atoms with Crippen LogP contribution in [0.2, 0.25) is 5.02 Å². The summed E-state index contributed by atoms with van der Waals surface area (Å²) < 4.78 is 8.82. The molecule has 1 atom stereocenters. The fraction of sp³-hybridized carbons (Fsp3) is 0.333. The summed E-state index contributed by atoms with van der Waals surface area (Å²) >= 11 is 6.32. The van der Waals surface area contributed by atoms with Gasteiger partial charge >= 0.3 is 0 Å². The molecule has 1 aliphatic carbocycles. The van der Waals surface area contributed by atoms with Gasteiger partial charge in [0.05, 0.1) is 43.5 Å². The summed E-state index contributed by atoms with van der Waals surface area (Å²) in [5, 5.41) is 23.1. The van der Waals surface area contributed by atoms with E-state index in [1.54, 1.807) is 54.6 Å². The average molecular weight is 481 g/mol. The molecule has 1 amide bonds. The molecule has 5 rings (SSSR count). The van der Waals surface area contributed by atoms with Crippen molar-refractivity contribution >= 4 is 28.8 Å². The van der Waals surface area contributed by atoms with Crippen molar-refractivity contribution in [1.29, 1.82) is 0 Å². The Kier molecular flexibility index (Phi) is 6.21. The number of aromatic nitrogens is 5. The van der Waals surface area contributed by atoms with Gasteiger partial charge in [0.2, 0.25) is 0 Å². The maximum atomic E-state index is 13.2. The summed E-state index contributed by atoms with van der Waals surface area (Å²) in [7, 11) is 1.57. The number of aliphatic hydroxyl groups excluding tert-OH is 1. The van der Waals surface area contributed by atoms with Crippen LogP contribution in [-0.2, 0) is 6.54 Å². The highest BCUT2D eigenvalue weighted by molar-refractivity contribution is 6.31. The van der Waals surface area contributed by atoms with Gasteiger partial charge in [0.15, 0.2) is 5.65 Å². The van der Waals surface area contributed by atoms with E-state index >= 15 is 0 Å². The topological polar surface area (TPSA) is 107 Å². The highest BCUT2D eigenvalue weighted by Crippen LogP contribution is 2.38. The van der Waals surface area contributed by atoms with Crippen LogP contribution < -0.4 is 10.1 Å². The van der Waals surface area contributed by atoms with Gasteiger partial charge < -0.3 is 15.2 Å². The molecule has 1 aliphatic rings. The SMILES string of the molecule is COc1ccc(Cl)cc1-c1c(NC(=O)c2cnn3cccnc23)cnn1CC(O)C1CCCC1. The molecule has 0 bridgehead atoms. The number of amides is 1. The van der Waals surface area contributed by atoms with Crippen LogP contribution >= 0.6 is 11.6 Å². The molecule has 0 saturated heterocycles. The second-order valence-corrected chi connectivity index (χ2v) is 8.88. The molecular formula is C24H25ClN6O3. The maximum absolute atomic E-state index is 13.2. The molecule has 3 aromatic heterocycles. The fourth-order valence-corrected chi connectivity index (χ4v) is 4.78. The Morgan fingerprint density at radius 2 is 2.12 bits per heavy atom. The lowest BCUT2D eigenvalue weighted by atomic mass is 10.0. The molecule has 176 valence electrons. The minimum Gasteiger partial charge on any atom is -0.496 e. The number of anilines is 1. The van der Waals surface area contributed by atoms with E-state index in [-0.39, 0.29) is 11.8 Å².